The Labute approximate surface area is 173 Å². The van der Waals surface area contributed by atoms with E-state index in [-0.39, 0.29) is 5.91 Å². The van der Waals surface area contributed by atoms with Gasteiger partial charge in [-0.15, -0.1) is 0 Å². The van der Waals surface area contributed by atoms with E-state index in [1.54, 1.807) is 47.4 Å². The second-order valence-electron chi connectivity index (χ2n) is 6.42. The smallest absolute Gasteiger partial charge is 0.323 e. The molecular weight excluding hydrogens is 390 g/mol. The van der Waals surface area contributed by atoms with Crippen molar-refractivity contribution in [1.82, 2.24) is 0 Å². The van der Waals surface area contributed by atoms with Crippen LogP contribution in [-0.2, 0) is 0 Å². The molecule has 0 aromatic heterocycles. The van der Waals surface area contributed by atoms with Gasteiger partial charge >= 0.3 is 6.03 Å². The Bertz CT molecular complexity index is 1100. The predicted octanol–water partition coefficient (Wildman–Crippen LogP) is 5.76. The fraction of sp³-hybridized carbons (Fsp3) is 0.0909. The summed E-state index contributed by atoms with van der Waals surface area (Å²) in [4.78, 5) is 27.1. The van der Waals surface area contributed by atoms with Crippen molar-refractivity contribution in [1.29, 1.82) is 0 Å². The quantitative estimate of drug-likeness (QED) is 0.580. The number of nitrogens with one attached hydrogen (secondary N) is 2. The third-order valence-electron chi connectivity index (χ3n) is 4.49. The molecule has 0 saturated heterocycles. The molecule has 3 aromatic carbocycles. The molecule has 29 heavy (non-hydrogen) atoms. The average molecular weight is 408 g/mol. The molecule has 0 atom stereocenters. The largest absolute Gasteiger partial charge is 0.454 e. The van der Waals surface area contributed by atoms with Gasteiger partial charge in [-0.25, -0.2) is 4.79 Å². The summed E-state index contributed by atoms with van der Waals surface area (Å²) >= 11 is 5.94. The molecule has 0 radical (unpaired) electrons. The molecule has 3 aromatic rings. The number of fused-ring (bicyclic) bond motifs is 2. The van der Waals surface area contributed by atoms with Crippen molar-refractivity contribution in [2.75, 3.05) is 22.1 Å². The second-order valence-corrected chi connectivity index (χ2v) is 6.86. The molecule has 1 heterocycles. The van der Waals surface area contributed by atoms with Crippen molar-refractivity contribution in [2.24, 2.45) is 0 Å². The summed E-state index contributed by atoms with van der Waals surface area (Å²) in [5, 5.41) is 5.97. The van der Waals surface area contributed by atoms with E-state index in [2.05, 4.69) is 10.6 Å². The van der Waals surface area contributed by atoms with Crippen LogP contribution in [-0.4, -0.2) is 18.5 Å². The van der Waals surface area contributed by atoms with E-state index in [4.69, 9.17) is 16.3 Å². The molecule has 4 rings (SSSR count). The van der Waals surface area contributed by atoms with E-state index in [0.29, 0.717) is 45.7 Å². The highest BCUT2D eigenvalue weighted by Gasteiger charge is 2.27. The number of urea groups is 1. The van der Waals surface area contributed by atoms with Crippen molar-refractivity contribution in [3.05, 3.63) is 77.3 Å². The molecule has 0 spiro atoms. The molecule has 7 heteroatoms. The maximum absolute atomic E-state index is 13.1. The average Bonchev–Trinajstić information content (AvgIpc) is 2.82. The first-order valence-electron chi connectivity index (χ1n) is 9.11. The van der Waals surface area contributed by atoms with Gasteiger partial charge in [0.15, 0.2) is 5.75 Å². The molecule has 1 aliphatic rings. The summed E-state index contributed by atoms with van der Waals surface area (Å²) in [5.41, 5.74) is 2.13. The van der Waals surface area contributed by atoms with E-state index in [1.807, 2.05) is 31.2 Å². The normalized spacial score (nSPS) is 12.3. The lowest BCUT2D eigenvalue weighted by atomic mass is 10.1. The lowest BCUT2D eigenvalue weighted by molar-refractivity contribution is 0.0988. The van der Waals surface area contributed by atoms with Crippen molar-refractivity contribution in [3.63, 3.8) is 0 Å². The van der Waals surface area contributed by atoms with Crippen molar-refractivity contribution < 1.29 is 14.3 Å². The van der Waals surface area contributed by atoms with Gasteiger partial charge in [0, 0.05) is 22.9 Å². The maximum Gasteiger partial charge on any atom is 0.323 e. The van der Waals surface area contributed by atoms with Gasteiger partial charge < -0.3 is 20.3 Å². The van der Waals surface area contributed by atoms with E-state index < -0.39 is 6.03 Å². The van der Waals surface area contributed by atoms with Crippen LogP contribution in [0.1, 0.15) is 17.3 Å². The summed E-state index contributed by atoms with van der Waals surface area (Å²) in [6.07, 6.45) is 0. The number of rotatable bonds is 3. The summed E-state index contributed by atoms with van der Waals surface area (Å²) < 4.78 is 5.97. The molecule has 0 saturated carbocycles. The highest BCUT2D eigenvalue weighted by molar-refractivity contribution is 6.30. The molecule has 1 aliphatic heterocycles. The molecule has 6 nitrogen and oxygen atoms in total. The Balaban J connectivity index is 1.59. The number of carbonyl (C=O) groups excluding carboxylic acids is 2. The number of anilines is 3. The van der Waals surface area contributed by atoms with Crippen LogP contribution < -0.4 is 20.3 Å². The Morgan fingerprint density at radius 1 is 0.966 bits per heavy atom. The monoisotopic (exact) mass is 407 g/mol. The molecule has 0 unspecified atom stereocenters. The zero-order chi connectivity index (χ0) is 20.4. The highest BCUT2D eigenvalue weighted by Crippen LogP contribution is 2.39. The SMILES string of the molecule is CCN1C(=O)c2cc(NC(=O)Nc3cccc(Cl)c3)ccc2Oc2ccccc21. The van der Waals surface area contributed by atoms with Crippen LogP contribution in [0.15, 0.2) is 66.7 Å². The molecule has 0 bridgehead atoms. The van der Waals surface area contributed by atoms with Crippen LogP contribution in [0.5, 0.6) is 11.5 Å². The topological polar surface area (TPSA) is 70.7 Å². The van der Waals surface area contributed by atoms with Crippen LogP contribution in [0.4, 0.5) is 21.9 Å². The summed E-state index contributed by atoms with van der Waals surface area (Å²) in [6.45, 7) is 2.39. The number of nitrogens with zero attached hydrogens (tertiary/aromatic N) is 1. The highest BCUT2D eigenvalue weighted by atomic mass is 35.5. The first-order chi connectivity index (χ1) is 14.0. The van der Waals surface area contributed by atoms with E-state index in [9.17, 15) is 9.59 Å². The Morgan fingerprint density at radius 2 is 1.72 bits per heavy atom. The minimum Gasteiger partial charge on any atom is -0.454 e. The standard InChI is InChI=1S/C22H18ClN3O3/c1-2-26-18-8-3-4-9-20(18)29-19-11-10-16(13-17(19)21(26)27)25-22(28)24-15-7-5-6-14(23)12-15/h3-13H,2H2,1H3,(H2,24,25,28). The van der Waals surface area contributed by atoms with Gasteiger partial charge in [0.25, 0.3) is 5.91 Å². The van der Waals surface area contributed by atoms with Crippen LogP contribution in [0.25, 0.3) is 0 Å². The lowest BCUT2D eigenvalue weighted by Crippen LogP contribution is -2.29. The third kappa shape index (κ3) is 3.88. The predicted molar refractivity (Wildman–Crippen MR) is 114 cm³/mol. The third-order valence-corrected chi connectivity index (χ3v) is 4.72. The number of carbonyl (C=O) groups is 2. The van der Waals surface area contributed by atoms with Gasteiger partial charge in [0.1, 0.15) is 5.75 Å². The van der Waals surface area contributed by atoms with E-state index in [1.165, 1.54) is 0 Å². The number of halogens is 1. The van der Waals surface area contributed by atoms with E-state index in [0.717, 1.165) is 0 Å². The Hall–Kier alpha value is -3.51. The number of benzene rings is 3. The molecule has 146 valence electrons. The first kappa shape index (κ1) is 18.8. The van der Waals surface area contributed by atoms with Crippen molar-refractivity contribution in [2.45, 2.75) is 6.92 Å². The van der Waals surface area contributed by atoms with Crippen LogP contribution in [0.2, 0.25) is 5.02 Å². The summed E-state index contributed by atoms with van der Waals surface area (Å²) in [6, 6.07) is 18.8. The Morgan fingerprint density at radius 3 is 2.48 bits per heavy atom. The van der Waals surface area contributed by atoms with Crippen LogP contribution in [0, 0.1) is 0 Å². The van der Waals surface area contributed by atoms with Crippen LogP contribution >= 0.6 is 11.6 Å². The van der Waals surface area contributed by atoms with Crippen LogP contribution in [0.3, 0.4) is 0 Å². The Kier molecular flexibility index (Phi) is 5.10. The van der Waals surface area contributed by atoms with Gasteiger partial charge in [-0.1, -0.05) is 29.8 Å². The number of ether oxygens (including phenoxy) is 1. The van der Waals surface area contributed by atoms with Crippen molar-refractivity contribution >= 4 is 40.6 Å². The zero-order valence-corrected chi connectivity index (χ0v) is 16.4. The van der Waals surface area contributed by atoms with Crippen molar-refractivity contribution in [3.8, 4) is 11.5 Å². The maximum atomic E-state index is 13.1. The molecular formula is C22H18ClN3O3. The first-order valence-corrected chi connectivity index (χ1v) is 9.49. The number of amides is 3. The van der Waals surface area contributed by atoms with Gasteiger partial charge in [0.2, 0.25) is 0 Å². The number of hydrogen-bond acceptors (Lipinski definition) is 3. The number of hydrogen-bond donors (Lipinski definition) is 2. The number of para-hydroxylation sites is 2. The molecule has 2 N–H and O–H groups in total. The van der Waals surface area contributed by atoms with Gasteiger partial charge in [0.05, 0.1) is 11.3 Å². The minimum absolute atomic E-state index is 0.189. The van der Waals surface area contributed by atoms with Gasteiger partial charge in [-0.2, -0.15) is 0 Å². The zero-order valence-electron chi connectivity index (χ0n) is 15.6. The van der Waals surface area contributed by atoms with E-state index >= 15 is 0 Å². The molecule has 3 amide bonds. The minimum atomic E-state index is -0.440. The van der Waals surface area contributed by atoms with Gasteiger partial charge in [-0.05, 0) is 55.5 Å². The summed E-state index contributed by atoms with van der Waals surface area (Å²) in [5.74, 6) is 0.867. The fourth-order valence-corrected chi connectivity index (χ4v) is 3.37. The fourth-order valence-electron chi connectivity index (χ4n) is 3.18. The second kappa shape index (κ2) is 7.85. The lowest BCUT2D eigenvalue weighted by Gasteiger charge is -2.19. The molecule has 0 fully saturated rings. The summed E-state index contributed by atoms with van der Waals surface area (Å²) in [7, 11) is 0. The molecule has 0 aliphatic carbocycles. The van der Waals surface area contributed by atoms with Gasteiger partial charge in [-0.3, -0.25) is 4.79 Å².